The Balaban J connectivity index is 1.32. The number of fused-ring (bicyclic) bond motifs is 1. The van der Waals surface area contributed by atoms with Crippen molar-refractivity contribution in [1.82, 2.24) is 24.8 Å². The molecule has 1 fully saturated rings. The molecule has 0 aliphatic carbocycles. The lowest BCUT2D eigenvalue weighted by Gasteiger charge is -2.35. The number of hydrogen-bond donors (Lipinski definition) is 3. The van der Waals surface area contributed by atoms with Gasteiger partial charge >= 0.3 is 0 Å². The van der Waals surface area contributed by atoms with Gasteiger partial charge < -0.3 is 20.6 Å². The Bertz CT molecular complexity index is 1430. The minimum atomic E-state index is -0.315. The van der Waals surface area contributed by atoms with E-state index in [4.69, 9.17) is 4.98 Å². The first kappa shape index (κ1) is 25.2. The van der Waals surface area contributed by atoms with Crippen molar-refractivity contribution < 1.29 is 9.90 Å². The molecule has 1 aromatic carbocycles. The van der Waals surface area contributed by atoms with Gasteiger partial charge in [-0.15, -0.1) is 0 Å². The summed E-state index contributed by atoms with van der Waals surface area (Å²) in [6, 6.07) is 11.7. The van der Waals surface area contributed by atoms with E-state index in [9.17, 15) is 9.90 Å². The van der Waals surface area contributed by atoms with Crippen LogP contribution < -0.4 is 15.5 Å². The summed E-state index contributed by atoms with van der Waals surface area (Å²) in [5, 5.41) is 16.5. The second-order valence-electron chi connectivity index (χ2n) is 9.26. The van der Waals surface area contributed by atoms with Gasteiger partial charge in [0.05, 0.1) is 35.4 Å². The van der Waals surface area contributed by atoms with Crippen LogP contribution in [-0.2, 0) is 4.79 Å². The van der Waals surface area contributed by atoms with Gasteiger partial charge in [-0.1, -0.05) is 24.8 Å². The van der Waals surface area contributed by atoms with Crippen molar-refractivity contribution in [3.05, 3.63) is 73.8 Å². The number of anilines is 4. The number of piperazine rings is 1. The highest BCUT2D eigenvalue weighted by Crippen LogP contribution is 2.29. The van der Waals surface area contributed by atoms with Crippen LogP contribution in [0, 0.1) is 0 Å². The molecule has 4 heterocycles. The maximum absolute atomic E-state index is 11.7. The summed E-state index contributed by atoms with van der Waals surface area (Å²) >= 11 is 0. The molecule has 5 rings (SSSR count). The van der Waals surface area contributed by atoms with Crippen molar-refractivity contribution >= 4 is 40.0 Å². The molecule has 10 heteroatoms. The molecule has 3 aromatic heterocycles. The van der Waals surface area contributed by atoms with E-state index in [0.717, 1.165) is 59.7 Å². The molecule has 3 N–H and O–H groups in total. The number of aromatic nitrogens is 4. The van der Waals surface area contributed by atoms with Crippen molar-refractivity contribution in [2.75, 3.05) is 48.3 Å². The number of amides is 1. The number of benzene rings is 1. The van der Waals surface area contributed by atoms with Crippen LogP contribution in [0.4, 0.5) is 23.1 Å². The molecule has 0 bridgehead atoms. The molecule has 1 unspecified atom stereocenters. The van der Waals surface area contributed by atoms with Crippen LogP contribution in [0.5, 0.6) is 0 Å². The summed E-state index contributed by atoms with van der Waals surface area (Å²) in [7, 11) is 0. The lowest BCUT2D eigenvalue weighted by Crippen LogP contribution is -2.48. The molecule has 194 valence electrons. The van der Waals surface area contributed by atoms with E-state index in [1.54, 1.807) is 24.8 Å². The maximum Gasteiger partial charge on any atom is 0.247 e. The summed E-state index contributed by atoms with van der Waals surface area (Å²) in [6.07, 6.45) is 7.79. The molecular formula is C28H30N8O2. The van der Waals surface area contributed by atoms with Crippen molar-refractivity contribution in [2.24, 2.45) is 0 Å². The van der Waals surface area contributed by atoms with Crippen molar-refractivity contribution in [3.63, 3.8) is 0 Å². The third kappa shape index (κ3) is 5.93. The predicted octanol–water partition coefficient (Wildman–Crippen LogP) is 3.46. The number of hydrogen-bond acceptors (Lipinski definition) is 9. The second-order valence-corrected chi connectivity index (χ2v) is 9.26. The smallest absolute Gasteiger partial charge is 0.247 e. The molecule has 4 aromatic rings. The summed E-state index contributed by atoms with van der Waals surface area (Å²) in [4.78, 5) is 34.4. The number of nitrogens with zero attached hydrogens (tertiary/aromatic N) is 6. The van der Waals surface area contributed by atoms with Crippen molar-refractivity contribution in [1.29, 1.82) is 0 Å². The van der Waals surface area contributed by atoms with Crippen LogP contribution in [0.1, 0.15) is 6.92 Å². The average molecular weight is 511 g/mol. The van der Waals surface area contributed by atoms with Gasteiger partial charge in [0, 0.05) is 61.6 Å². The van der Waals surface area contributed by atoms with Crippen molar-refractivity contribution in [3.8, 4) is 11.1 Å². The number of para-hydroxylation sites is 1. The van der Waals surface area contributed by atoms with E-state index < -0.39 is 0 Å². The summed E-state index contributed by atoms with van der Waals surface area (Å²) in [5.41, 5.74) is 3.82. The van der Waals surface area contributed by atoms with E-state index in [1.165, 1.54) is 6.08 Å². The summed E-state index contributed by atoms with van der Waals surface area (Å²) in [6.45, 7) is 9.56. The van der Waals surface area contributed by atoms with Crippen LogP contribution in [0.2, 0.25) is 0 Å². The number of carbonyl (C=O) groups excluding carboxylic acids is 1. The zero-order valence-electron chi connectivity index (χ0n) is 21.2. The topological polar surface area (TPSA) is 119 Å². The number of nitrogens with one attached hydrogen (secondary N) is 2. The van der Waals surface area contributed by atoms with Gasteiger partial charge in [-0.05, 0) is 31.2 Å². The molecule has 1 aliphatic heterocycles. The molecule has 38 heavy (non-hydrogen) atoms. The largest absolute Gasteiger partial charge is 0.392 e. The monoisotopic (exact) mass is 510 g/mol. The Morgan fingerprint density at radius 3 is 2.66 bits per heavy atom. The number of rotatable bonds is 8. The zero-order chi connectivity index (χ0) is 26.5. The highest BCUT2D eigenvalue weighted by atomic mass is 16.3. The van der Waals surface area contributed by atoms with Crippen LogP contribution >= 0.6 is 0 Å². The van der Waals surface area contributed by atoms with Crippen molar-refractivity contribution in [2.45, 2.75) is 13.0 Å². The number of aliphatic hydroxyl groups is 1. The summed E-state index contributed by atoms with van der Waals surface area (Å²) in [5.74, 6) is 1.08. The molecular weight excluding hydrogens is 480 g/mol. The zero-order valence-corrected chi connectivity index (χ0v) is 21.2. The Kier molecular flexibility index (Phi) is 7.52. The third-order valence-electron chi connectivity index (χ3n) is 6.34. The molecule has 0 saturated carbocycles. The van der Waals surface area contributed by atoms with Gasteiger partial charge in [-0.2, -0.15) is 0 Å². The fourth-order valence-electron chi connectivity index (χ4n) is 4.51. The minimum Gasteiger partial charge on any atom is -0.392 e. The van der Waals surface area contributed by atoms with E-state index >= 15 is 0 Å². The van der Waals surface area contributed by atoms with E-state index in [1.807, 2.05) is 43.3 Å². The second kappa shape index (κ2) is 11.3. The molecule has 0 radical (unpaired) electrons. The fourth-order valence-corrected chi connectivity index (χ4v) is 4.51. The van der Waals surface area contributed by atoms with E-state index in [0.29, 0.717) is 18.2 Å². The van der Waals surface area contributed by atoms with E-state index in [2.05, 4.69) is 42.0 Å². The summed E-state index contributed by atoms with van der Waals surface area (Å²) < 4.78 is 0. The van der Waals surface area contributed by atoms with Gasteiger partial charge in [0.2, 0.25) is 11.9 Å². The molecule has 1 atom stereocenters. The fraction of sp³-hybridized carbons (Fsp3) is 0.250. The van der Waals surface area contributed by atoms with Gasteiger partial charge in [0.15, 0.2) is 0 Å². The first-order valence-corrected chi connectivity index (χ1v) is 12.5. The van der Waals surface area contributed by atoms with Crippen LogP contribution in [0.3, 0.4) is 0 Å². The Labute approximate surface area is 221 Å². The van der Waals surface area contributed by atoms with Crippen LogP contribution in [-0.4, -0.2) is 74.7 Å². The maximum atomic E-state index is 11.7. The normalized spacial score (nSPS) is 14.7. The third-order valence-corrected chi connectivity index (χ3v) is 6.34. The van der Waals surface area contributed by atoms with Crippen LogP contribution in [0.15, 0.2) is 73.8 Å². The number of aliphatic hydroxyl groups excluding tert-OH is 1. The van der Waals surface area contributed by atoms with E-state index in [-0.39, 0.29) is 12.0 Å². The van der Waals surface area contributed by atoms with Gasteiger partial charge in [0.25, 0.3) is 0 Å². The number of β-amino-alcohol motifs (C(OH)–C–C–N with tert-alkyl or cyclic N) is 1. The first-order valence-electron chi connectivity index (χ1n) is 12.5. The predicted molar refractivity (Wildman–Crippen MR) is 149 cm³/mol. The molecule has 1 saturated heterocycles. The lowest BCUT2D eigenvalue weighted by atomic mass is 10.0. The Morgan fingerprint density at radius 1 is 1.08 bits per heavy atom. The highest BCUT2D eigenvalue weighted by Gasteiger charge is 2.19. The minimum absolute atomic E-state index is 0.297. The Morgan fingerprint density at radius 2 is 1.92 bits per heavy atom. The molecule has 10 nitrogen and oxygen atoms in total. The van der Waals surface area contributed by atoms with Gasteiger partial charge in [-0.25, -0.2) is 15.0 Å². The highest BCUT2D eigenvalue weighted by molar-refractivity contribution is 6.00. The number of pyridine rings is 2. The lowest BCUT2D eigenvalue weighted by molar-refractivity contribution is -0.111. The number of carbonyl (C=O) groups is 1. The van der Waals surface area contributed by atoms with Crippen LogP contribution in [0.25, 0.3) is 22.0 Å². The van der Waals surface area contributed by atoms with Gasteiger partial charge in [0.1, 0.15) is 5.82 Å². The first-order chi connectivity index (χ1) is 18.5. The molecule has 0 spiro atoms. The Hall–Kier alpha value is -4.41. The molecule has 1 amide bonds. The standard InChI is InChI=1S/C28H30N8O2/c1-3-26(38)32-23-13-21(14-29-16-23)24-6-4-5-20-15-31-28(34-27(20)24)33-22-7-8-25(30-17-22)36-11-9-35(10-12-36)18-19(2)37/h3-8,13-17,19,37H,1,9-12,18H2,2H3,(H,32,38)(H,31,33,34). The average Bonchev–Trinajstić information content (AvgIpc) is 2.93. The van der Waals surface area contributed by atoms with Gasteiger partial charge in [-0.3, -0.25) is 14.7 Å². The quantitative estimate of drug-likeness (QED) is 0.306. The molecule has 1 aliphatic rings. The SMILES string of the molecule is C=CC(=O)Nc1cncc(-c2cccc3cnc(Nc4ccc(N5CCN(CC(C)O)CC5)nc4)nc23)c1.